The van der Waals surface area contributed by atoms with E-state index < -0.39 is 0 Å². The fourth-order valence-electron chi connectivity index (χ4n) is 3.27. The zero-order valence-corrected chi connectivity index (χ0v) is 18.3. The summed E-state index contributed by atoms with van der Waals surface area (Å²) in [5.74, 6) is 4.26. The summed E-state index contributed by atoms with van der Waals surface area (Å²) in [6.45, 7) is 3.07. The summed E-state index contributed by atoms with van der Waals surface area (Å²) in [7, 11) is 1.74. The van der Waals surface area contributed by atoms with Crippen molar-refractivity contribution in [3.8, 4) is 11.5 Å². The second-order valence-electron chi connectivity index (χ2n) is 7.01. The molecular weight excluding hydrogens is 360 g/mol. The molecule has 0 spiro atoms. The molecule has 0 atom stereocenters. The molecule has 1 aromatic carbocycles. The van der Waals surface area contributed by atoms with Gasteiger partial charge in [0.05, 0.1) is 18.3 Å². The number of benzene rings is 1. The van der Waals surface area contributed by atoms with Gasteiger partial charge < -0.3 is 9.47 Å². The summed E-state index contributed by atoms with van der Waals surface area (Å²) in [6.07, 6.45) is 13.5. The zero-order valence-electron chi connectivity index (χ0n) is 16.6. The third-order valence-corrected chi connectivity index (χ3v) is 7.94. The van der Waals surface area contributed by atoms with Gasteiger partial charge in [0.2, 0.25) is 0 Å². The molecule has 0 aromatic heterocycles. The van der Waals surface area contributed by atoms with Gasteiger partial charge in [0, 0.05) is 11.5 Å². The molecule has 0 amide bonds. The number of ether oxygens (including phenoxy) is 2. The monoisotopic (exact) mass is 396 g/mol. The van der Waals surface area contributed by atoms with Crippen LogP contribution in [0.15, 0.2) is 18.2 Å². The first kappa shape index (κ1) is 21.8. The molecular formula is C22H36O2S2. The number of thioether (sulfide) groups is 2. The molecule has 1 aliphatic heterocycles. The molecule has 0 radical (unpaired) electrons. The number of hydrogen-bond acceptors (Lipinski definition) is 4. The van der Waals surface area contributed by atoms with Gasteiger partial charge in [-0.25, -0.2) is 0 Å². The molecule has 26 heavy (non-hydrogen) atoms. The van der Waals surface area contributed by atoms with Gasteiger partial charge in [-0.3, -0.25) is 0 Å². The van der Waals surface area contributed by atoms with Gasteiger partial charge >= 0.3 is 0 Å². The molecule has 1 saturated heterocycles. The predicted molar refractivity (Wildman–Crippen MR) is 118 cm³/mol. The van der Waals surface area contributed by atoms with Crippen LogP contribution in [0.25, 0.3) is 0 Å². The first-order valence-corrected chi connectivity index (χ1v) is 12.5. The predicted octanol–water partition coefficient (Wildman–Crippen LogP) is 7.47. The van der Waals surface area contributed by atoms with Gasteiger partial charge in [0.25, 0.3) is 0 Å². The van der Waals surface area contributed by atoms with Crippen LogP contribution in [0.1, 0.15) is 81.3 Å². The average Bonchev–Trinajstić information content (AvgIpc) is 3.21. The van der Waals surface area contributed by atoms with Crippen molar-refractivity contribution in [2.45, 2.75) is 75.7 Å². The van der Waals surface area contributed by atoms with Crippen molar-refractivity contribution < 1.29 is 9.47 Å². The highest BCUT2D eigenvalue weighted by Gasteiger charge is 2.19. The van der Waals surface area contributed by atoms with E-state index in [0.29, 0.717) is 4.58 Å². The van der Waals surface area contributed by atoms with Crippen molar-refractivity contribution in [2.24, 2.45) is 0 Å². The van der Waals surface area contributed by atoms with Gasteiger partial charge in [0.1, 0.15) is 0 Å². The molecule has 0 N–H and O–H groups in total. The quantitative estimate of drug-likeness (QED) is 0.303. The molecule has 1 fully saturated rings. The molecule has 1 heterocycles. The molecule has 0 saturated carbocycles. The van der Waals surface area contributed by atoms with E-state index in [1.807, 2.05) is 23.5 Å². The lowest BCUT2D eigenvalue weighted by Gasteiger charge is -2.14. The van der Waals surface area contributed by atoms with E-state index in [1.54, 1.807) is 7.11 Å². The Morgan fingerprint density at radius 1 is 0.846 bits per heavy atom. The molecule has 148 valence electrons. The van der Waals surface area contributed by atoms with Crippen LogP contribution in [0.4, 0.5) is 0 Å². The first-order chi connectivity index (χ1) is 12.8. The van der Waals surface area contributed by atoms with Crippen molar-refractivity contribution in [2.75, 3.05) is 25.2 Å². The van der Waals surface area contributed by atoms with E-state index in [0.717, 1.165) is 24.5 Å². The largest absolute Gasteiger partial charge is 0.493 e. The third-order valence-electron chi connectivity index (χ3n) is 4.84. The maximum atomic E-state index is 5.98. The topological polar surface area (TPSA) is 18.5 Å². The maximum absolute atomic E-state index is 5.98. The van der Waals surface area contributed by atoms with Gasteiger partial charge in [-0.1, -0.05) is 70.8 Å². The summed E-state index contributed by atoms with van der Waals surface area (Å²) in [4.78, 5) is 0. The van der Waals surface area contributed by atoms with Crippen LogP contribution in [0, 0.1) is 0 Å². The van der Waals surface area contributed by atoms with E-state index >= 15 is 0 Å². The first-order valence-electron chi connectivity index (χ1n) is 10.4. The van der Waals surface area contributed by atoms with Crippen molar-refractivity contribution in [3.05, 3.63) is 23.8 Å². The fraction of sp³-hybridized carbons (Fsp3) is 0.727. The molecule has 0 aliphatic carbocycles. The van der Waals surface area contributed by atoms with E-state index in [-0.39, 0.29) is 0 Å². The molecule has 0 bridgehead atoms. The van der Waals surface area contributed by atoms with E-state index in [9.17, 15) is 0 Å². The lowest BCUT2D eigenvalue weighted by molar-refractivity contribution is 0.284. The molecule has 1 aromatic rings. The van der Waals surface area contributed by atoms with Gasteiger partial charge in [-0.2, -0.15) is 0 Å². The van der Waals surface area contributed by atoms with Crippen molar-refractivity contribution >= 4 is 23.5 Å². The Balaban J connectivity index is 1.57. The minimum Gasteiger partial charge on any atom is -0.493 e. The normalized spacial score (nSPS) is 14.7. The van der Waals surface area contributed by atoms with Crippen LogP contribution in [-0.4, -0.2) is 25.2 Å². The summed E-state index contributed by atoms with van der Waals surface area (Å²) in [5.41, 5.74) is 1.35. The van der Waals surface area contributed by atoms with Crippen molar-refractivity contribution in [1.82, 2.24) is 0 Å². The van der Waals surface area contributed by atoms with Crippen LogP contribution in [-0.2, 0) is 0 Å². The maximum Gasteiger partial charge on any atom is 0.161 e. The smallest absolute Gasteiger partial charge is 0.161 e. The lowest BCUT2D eigenvalue weighted by atomic mass is 10.1. The Kier molecular flexibility index (Phi) is 11.5. The molecule has 2 rings (SSSR count). The Bertz CT molecular complexity index is 487. The average molecular weight is 397 g/mol. The van der Waals surface area contributed by atoms with E-state index in [4.69, 9.17) is 9.47 Å². The fourth-order valence-corrected chi connectivity index (χ4v) is 6.11. The minimum atomic E-state index is 0.555. The Hall–Kier alpha value is -0.480. The van der Waals surface area contributed by atoms with Crippen LogP contribution >= 0.6 is 23.5 Å². The van der Waals surface area contributed by atoms with Crippen molar-refractivity contribution in [3.63, 3.8) is 0 Å². The lowest BCUT2D eigenvalue weighted by Crippen LogP contribution is -2.00. The second-order valence-corrected chi connectivity index (χ2v) is 9.74. The molecule has 2 nitrogen and oxygen atoms in total. The number of hydrogen-bond donors (Lipinski definition) is 0. The van der Waals surface area contributed by atoms with Crippen LogP contribution in [0.2, 0.25) is 0 Å². The highest BCUT2D eigenvalue weighted by atomic mass is 32.2. The van der Waals surface area contributed by atoms with Gasteiger partial charge in [0.15, 0.2) is 11.5 Å². The second kappa shape index (κ2) is 13.7. The summed E-state index contributed by atoms with van der Waals surface area (Å²) < 4.78 is 12.1. The van der Waals surface area contributed by atoms with E-state index in [1.165, 1.54) is 74.9 Å². The number of methoxy groups -OCH3 is 1. The van der Waals surface area contributed by atoms with Crippen LogP contribution in [0.3, 0.4) is 0 Å². The number of rotatable bonds is 14. The van der Waals surface area contributed by atoms with Gasteiger partial charge in [-0.05, 0) is 24.1 Å². The van der Waals surface area contributed by atoms with Crippen LogP contribution < -0.4 is 9.47 Å². The Labute approximate surface area is 169 Å². The Morgan fingerprint density at radius 2 is 1.46 bits per heavy atom. The van der Waals surface area contributed by atoms with E-state index in [2.05, 4.69) is 25.1 Å². The summed E-state index contributed by atoms with van der Waals surface area (Å²) in [6, 6.07) is 6.44. The standard InChI is InChI=1S/C22H36O2S2/c1-3-4-5-6-7-8-9-10-11-12-15-24-20-14-13-19(18-21(20)23-2)22-25-16-17-26-22/h13-14,18,22H,3-12,15-17H2,1-2H3. The van der Waals surface area contributed by atoms with Crippen molar-refractivity contribution in [1.29, 1.82) is 0 Å². The Morgan fingerprint density at radius 3 is 2.08 bits per heavy atom. The molecule has 0 unspecified atom stereocenters. The SMILES string of the molecule is CCCCCCCCCCCCOc1ccc(C2SCCS2)cc1OC. The zero-order chi connectivity index (χ0) is 18.5. The van der Waals surface area contributed by atoms with Crippen LogP contribution in [0.5, 0.6) is 11.5 Å². The number of unbranched alkanes of at least 4 members (excludes halogenated alkanes) is 9. The highest BCUT2D eigenvalue weighted by molar-refractivity contribution is 8.19. The molecule has 1 aliphatic rings. The molecule has 4 heteroatoms. The summed E-state index contributed by atoms with van der Waals surface area (Å²) in [5, 5.41) is 0. The van der Waals surface area contributed by atoms with Gasteiger partial charge in [-0.15, -0.1) is 23.5 Å². The minimum absolute atomic E-state index is 0.555. The summed E-state index contributed by atoms with van der Waals surface area (Å²) >= 11 is 4.05. The third kappa shape index (κ3) is 8.04. The highest BCUT2D eigenvalue weighted by Crippen LogP contribution is 2.46.